The van der Waals surface area contributed by atoms with E-state index in [1.54, 1.807) is 24.3 Å². The monoisotopic (exact) mass is 486 g/mol. The van der Waals surface area contributed by atoms with Gasteiger partial charge in [-0.3, -0.25) is 9.59 Å². The van der Waals surface area contributed by atoms with Crippen molar-refractivity contribution in [2.75, 3.05) is 33.8 Å². The van der Waals surface area contributed by atoms with Crippen molar-refractivity contribution >= 4 is 33.4 Å². The fraction of sp³-hybridized carbons (Fsp3) is 0.333. The predicted octanol–water partition coefficient (Wildman–Crippen LogP) is 1.61. The molecule has 7 heteroatoms. The third-order valence-corrected chi connectivity index (χ3v) is 5.66. The Labute approximate surface area is 191 Å². The number of ketones is 1. The summed E-state index contributed by atoms with van der Waals surface area (Å²) in [6.45, 7) is 3.61. The molecule has 0 spiro atoms. The van der Waals surface area contributed by atoms with Crippen LogP contribution in [0.2, 0.25) is 0 Å². The van der Waals surface area contributed by atoms with E-state index >= 15 is 0 Å². The summed E-state index contributed by atoms with van der Waals surface area (Å²) in [6, 6.07) is 13.4. The molecule has 1 fully saturated rings. The van der Waals surface area contributed by atoms with Crippen LogP contribution in [-0.4, -0.2) is 50.4 Å². The van der Waals surface area contributed by atoms with Crippen LogP contribution < -0.4 is 14.7 Å². The number of likely N-dealkylation sites (N-methyl/N-ethyl adjacent to an activating group) is 1. The molecule has 2 aromatic carbocycles. The molecule has 1 atom stereocenters. The van der Waals surface area contributed by atoms with Crippen LogP contribution in [0.1, 0.15) is 30.5 Å². The maximum absolute atomic E-state index is 13.4. The first-order valence-electron chi connectivity index (χ1n) is 10.4. The van der Waals surface area contributed by atoms with Crippen LogP contribution in [-0.2, 0) is 9.59 Å². The van der Waals surface area contributed by atoms with Crippen molar-refractivity contribution in [3.8, 4) is 5.75 Å². The number of carbonyl (C=O) groups is 2. The summed E-state index contributed by atoms with van der Waals surface area (Å²) in [5.74, 6) is -1.13. The number of amides is 1. The lowest BCUT2D eigenvalue weighted by Gasteiger charge is -2.28. The Kier molecular flexibility index (Phi) is 7.51. The zero-order valence-corrected chi connectivity index (χ0v) is 19.6. The summed E-state index contributed by atoms with van der Waals surface area (Å²) in [5.41, 5.74) is 1.07. The van der Waals surface area contributed by atoms with Crippen LogP contribution in [0.15, 0.2) is 58.6 Å². The van der Waals surface area contributed by atoms with Crippen molar-refractivity contribution in [2.24, 2.45) is 0 Å². The molecule has 0 saturated carbocycles. The first-order chi connectivity index (χ1) is 14.8. The Bertz CT molecular complexity index is 985. The highest BCUT2D eigenvalue weighted by molar-refractivity contribution is 9.10. The second kappa shape index (κ2) is 10.1. The normalized spacial score (nSPS) is 18.1. The molecular formula is C24H27BrN2O4. The molecule has 2 aromatic rings. The third-order valence-electron chi connectivity index (χ3n) is 5.14. The lowest BCUT2D eigenvalue weighted by atomic mass is 9.95. The number of carbonyl (C=O) groups excluding carboxylic acids is 2. The first-order valence-corrected chi connectivity index (χ1v) is 11.2. The quantitative estimate of drug-likeness (QED) is 0.349. The summed E-state index contributed by atoms with van der Waals surface area (Å²) < 4.78 is 6.57. The minimum absolute atomic E-state index is 0.00581. The number of quaternary nitrogens is 1. The average Bonchev–Trinajstić information content (AvgIpc) is 3.01. The first kappa shape index (κ1) is 23.0. The number of hydrogen-bond acceptors (Lipinski definition) is 4. The molecule has 0 bridgehead atoms. The van der Waals surface area contributed by atoms with E-state index in [2.05, 4.69) is 15.9 Å². The molecule has 1 heterocycles. The summed E-state index contributed by atoms with van der Waals surface area (Å²) in [6.07, 6.45) is 0.863. The Balaban J connectivity index is 2.11. The Morgan fingerprint density at radius 1 is 1.16 bits per heavy atom. The van der Waals surface area contributed by atoms with E-state index < -0.39 is 23.5 Å². The summed E-state index contributed by atoms with van der Waals surface area (Å²) in [4.78, 5) is 28.6. The molecular weight excluding hydrogens is 460 g/mol. The van der Waals surface area contributed by atoms with Crippen molar-refractivity contribution in [1.29, 1.82) is 0 Å². The second-order valence-corrected chi connectivity index (χ2v) is 8.77. The standard InChI is InChI=1S/C24H27BrN2O4/c1-4-14-31-19-7-5-6-17(15-19)21-20(22(28)16-8-10-18(25)11-9-16)23(29)24(30)27(21)13-12-26(2)3/h5-11,15,21,28H,4,12-14H2,1-3H3/b22-20+. The third kappa shape index (κ3) is 5.17. The molecule has 1 aliphatic heterocycles. The second-order valence-electron chi connectivity index (χ2n) is 7.86. The summed E-state index contributed by atoms with van der Waals surface area (Å²) in [7, 11) is 3.96. The van der Waals surface area contributed by atoms with Crippen LogP contribution in [0.4, 0.5) is 0 Å². The number of hydrogen-bond donors (Lipinski definition) is 1. The zero-order valence-electron chi connectivity index (χ0n) is 18.0. The van der Waals surface area contributed by atoms with E-state index in [0.717, 1.165) is 15.8 Å². The van der Waals surface area contributed by atoms with E-state index in [0.29, 0.717) is 36.6 Å². The number of nitrogens with zero attached hydrogens (tertiary/aromatic N) is 1. The molecule has 0 aromatic heterocycles. The van der Waals surface area contributed by atoms with Crippen LogP contribution in [0.3, 0.4) is 0 Å². The highest BCUT2D eigenvalue weighted by Gasteiger charge is 2.44. The Morgan fingerprint density at radius 3 is 2.52 bits per heavy atom. The minimum atomic E-state index is -0.735. The lowest BCUT2D eigenvalue weighted by Crippen LogP contribution is -3.06. The number of likely N-dealkylation sites (tertiary alicyclic amines) is 1. The van der Waals surface area contributed by atoms with E-state index in [1.807, 2.05) is 45.3 Å². The van der Waals surface area contributed by atoms with Gasteiger partial charge < -0.3 is 19.6 Å². The Morgan fingerprint density at radius 2 is 1.87 bits per heavy atom. The molecule has 3 rings (SSSR count). The maximum atomic E-state index is 13.4. The van der Waals surface area contributed by atoms with Crippen LogP contribution >= 0.6 is 15.9 Å². The van der Waals surface area contributed by atoms with Gasteiger partial charge in [0.1, 0.15) is 5.75 Å². The van der Waals surface area contributed by atoms with Crippen molar-refractivity contribution in [2.45, 2.75) is 19.4 Å². The van der Waals surface area contributed by atoms with Gasteiger partial charge in [-0.05, 0) is 41.8 Å². The topological polar surface area (TPSA) is 74.1 Å². The van der Waals surface area contributed by atoms with E-state index in [9.17, 15) is 14.7 Å². The van der Waals surface area contributed by atoms with Crippen LogP contribution in [0.5, 0.6) is 5.75 Å². The minimum Gasteiger partial charge on any atom is -0.872 e. The van der Waals surface area contributed by atoms with Crippen LogP contribution in [0.25, 0.3) is 5.76 Å². The van der Waals surface area contributed by atoms with Gasteiger partial charge in [0.05, 0.1) is 39.8 Å². The van der Waals surface area contributed by atoms with Crippen molar-refractivity contribution in [3.63, 3.8) is 0 Å². The molecule has 31 heavy (non-hydrogen) atoms. The average molecular weight is 487 g/mol. The SMILES string of the molecule is CCCOc1cccc(C2/C(=C(\[O-])c3ccc(Br)cc3)C(=O)C(=O)N2CC[NH+](C)C)c1. The van der Waals surface area contributed by atoms with E-state index in [4.69, 9.17) is 4.74 Å². The number of nitrogens with one attached hydrogen (secondary N) is 1. The van der Waals surface area contributed by atoms with E-state index in [-0.39, 0.29) is 5.57 Å². The molecule has 0 aliphatic carbocycles. The largest absolute Gasteiger partial charge is 0.872 e. The molecule has 6 nitrogen and oxygen atoms in total. The van der Waals surface area contributed by atoms with Gasteiger partial charge in [0.25, 0.3) is 5.91 Å². The van der Waals surface area contributed by atoms with Crippen molar-refractivity contribution in [1.82, 2.24) is 4.90 Å². The highest BCUT2D eigenvalue weighted by atomic mass is 79.9. The van der Waals surface area contributed by atoms with Gasteiger partial charge in [-0.25, -0.2) is 0 Å². The maximum Gasteiger partial charge on any atom is 0.295 e. The van der Waals surface area contributed by atoms with Gasteiger partial charge in [0.15, 0.2) is 0 Å². The van der Waals surface area contributed by atoms with Gasteiger partial charge in [0.2, 0.25) is 5.78 Å². The van der Waals surface area contributed by atoms with Gasteiger partial charge in [-0.2, -0.15) is 0 Å². The number of ether oxygens (including phenoxy) is 1. The molecule has 1 aliphatic rings. The molecule has 0 radical (unpaired) electrons. The van der Waals surface area contributed by atoms with Crippen molar-refractivity contribution in [3.05, 3.63) is 69.7 Å². The number of Topliss-reactive ketones (excluding diaryl/α,β-unsaturated/α-hetero) is 1. The highest BCUT2D eigenvalue weighted by Crippen LogP contribution is 2.39. The smallest absolute Gasteiger partial charge is 0.295 e. The van der Waals surface area contributed by atoms with Gasteiger partial charge >= 0.3 is 0 Å². The number of rotatable bonds is 8. The zero-order chi connectivity index (χ0) is 22.5. The fourth-order valence-electron chi connectivity index (χ4n) is 3.54. The molecule has 1 saturated heterocycles. The molecule has 1 N–H and O–H groups in total. The van der Waals surface area contributed by atoms with Crippen molar-refractivity contribution < 1.29 is 24.3 Å². The summed E-state index contributed by atoms with van der Waals surface area (Å²) in [5, 5.41) is 13.4. The molecule has 1 amide bonds. The predicted molar refractivity (Wildman–Crippen MR) is 120 cm³/mol. The lowest BCUT2D eigenvalue weighted by molar-refractivity contribution is -0.857. The molecule has 1 unspecified atom stereocenters. The van der Waals surface area contributed by atoms with Gasteiger partial charge in [0, 0.05) is 10.0 Å². The number of halogens is 1. The van der Waals surface area contributed by atoms with E-state index in [1.165, 1.54) is 4.90 Å². The summed E-state index contributed by atoms with van der Waals surface area (Å²) >= 11 is 3.36. The fourth-order valence-corrected chi connectivity index (χ4v) is 3.81. The van der Waals surface area contributed by atoms with Gasteiger partial charge in [-0.15, -0.1) is 0 Å². The Hall–Kier alpha value is -2.64. The number of benzene rings is 2. The van der Waals surface area contributed by atoms with Crippen LogP contribution in [0, 0.1) is 0 Å². The van der Waals surface area contributed by atoms with Gasteiger partial charge in [-0.1, -0.05) is 52.9 Å². The molecule has 164 valence electrons.